The molecule has 0 heterocycles. The van der Waals surface area contributed by atoms with Gasteiger partial charge < -0.3 is 24.6 Å². The third kappa shape index (κ3) is 28.0. The van der Waals surface area contributed by atoms with E-state index in [1.807, 2.05) is 0 Å². The van der Waals surface area contributed by atoms with Crippen molar-refractivity contribution < 1.29 is 24.1 Å². The minimum absolute atomic E-state index is 0.0260. The Balaban J connectivity index is 3.41. The van der Waals surface area contributed by atoms with Gasteiger partial charge in [0, 0.05) is 13.0 Å². The molecular formula is C28H47NO5. The molecule has 0 saturated heterocycles. The van der Waals surface area contributed by atoms with Crippen LogP contribution >= 0.6 is 0 Å². The molecule has 0 atom stereocenters. The smallest absolute Gasteiger partial charge is 0.220 e. The molecule has 2 N–H and O–H groups in total. The number of rotatable bonds is 24. The number of amides is 1. The molecule has 6 heteroatoms. The Morgan fingerprint density at radius 3 is 1.68 bits per heavy atom. The molecule has 0 spiro atoms. The van der Waals surface area contributed by atoms with Gasteiger partial charge in [0.1, 0.15) is 0 Å². The van der Waals surface area contributed by atoms with E-state index in [2.05, 4.69) is 73.0 Å². The fourth-order valence-electron chi connectivity index (χ4n) is 2.71. The summed E-state index contributed by atoms with van der Waals surface area (Å²) in [6.45, 7) is 5.43. The average molecular weight is 478 g/mol. The Morgan fingerprint density at radius 2 is 1.15 bits per heavy atom. The number of allylic oxidation sites excluding steroid dienone is 10. The van der Waals surface area contributed by atoms with Crippen molar-refractivity contribution in [2.24, 2.45) is 0 Å². The summed E-state index contributed by atoms with van der Waals surface area (Å²) in [7, 11) is 0. The number of hydrogen-bond acceptors (Lipinski definition) is 5. The van der Waals surface area contributed by atoms with Gasteiger partial charge >= 0.3 is 0 Å². The molecule has 1 amide bonds. The molecule has 0 aliphatic carbocycles. The molecular weight excluding hydrogens is 430 g/mol. The molecule has 0 aliphatic heterocycles. The standard InChI is InChI=1S/C28H47NO5/c1-2-3-4-5-6-7-8-9-10-11-12-13-14-15-16-17-18-19-28(31)29-20-22-32-24-26-34-27-25-33-23-21-30/h3-4,6-7,9-10,12-13,15-16,30H,2,5,8,11,14,17-27H2,1H3,(H,29,31)/b4-3-,7-6-,10-9-,13-12-,16-15-. The van der Waals surface area contributed by atoms with Crippen molar-refractivity contribution in [1.82, 2.24) is 5.32 Å². The zero-order valence-corrected chi connectivity index (χ0v) is 21.2. The van der Waals surface area contributed by atoms with Gasteiger partial charge in [-0.05, 0) is 44.9 Å². The Hall–Kier alpha value is -1.99. The molecule has 0 fully saturated rings. The minimum Gasteiger partial charge on any atom is -0.394 e. The van der Waals surface area contributed by atoms with Gasteiger partial charge in [-0.2, -0.15) is 0 Å². The maximum Gasteiger partial charge on any atom is 0.220 e. The molecule has 0 aromatic rings. The second-order valence-corrected chi connectivity index (χ2v) is 7.51. The second-order valence-electron chi connectivity index (χ2n) is 7.51. The Kier molecular flexibility index (Phi) is 27.3. The van der Waals surface area contributed by atoms with Crippen LogP contribution in [-0.4, -0.2) is 63.8 Å². The van der Waals surface area contributed by atoms with Crippen LogP contribution < -0.4 is 5.32 Å². The maximum absolute atomic E-state index is 11.8. The van der Waals surface area contributed by atoms with E-state index < -0.39 is 0 Å². The topological polar surface area (TPSA) is 77.0 Å². The first kappa shape index (κ1) is 32.0. The molecule has 194 valence electrons. The highest BCUT2D eigenvalue weighted by molar-refractivity contribution is 5.75. The van der Waals surface area contributed by atoms with E-state index in [0.29, 0.717) is 52.6 Å². The third-order valence-electron chi connectivity index (χ3n) is 4.48. The highest BCUT2D eigenvalue weighted by Crippen LogP contribution is 1.99. The summed E-state index contributed by atoms with van der Waals surface area (Å²) in [5, 5.41) is 11.4. The van der Waals surface area contributed by atoms with Crippen LogP contribution in [0.4, 0.5) is 0 Å². The molecule has 34 heavy (non-hydrogen) atoms. The monoisotopic (exact) mass is 477 g/mol. The van der Waals surface area contributed by atoms with E-state index in [1.54, 1.807) is 0 Å². The molecule has 0 bridgehead atoms. The molecule has 0 aromatic carbocycles. The van der Waals surface area contributed by atoms with Crippen LogP contribution in [0.1, 0.15) is 58.3 Å². The van der Waals surface area contributed by atoms with Crippen LogP contribution in [-0.2, 0) is 19.0 Å². The third-order valence-corrected chi connectivity index (χ3v) is 4.48. The summed E-state index contributed by atoms with van der Waals surface area (Å²) in [4.78, 5) is 11.8. The SMILES string of the molecule is CC/C=C\C/C=C\C/C=C\C/C=C\C/C=C\CCCC(=O)NCCOCCOCCOCCO. The van der Waals surface area contributed by atoms with Crippen molar-refractivity contribution >= 4 is 5.91 Å². The summed E-state index contributed by atoms with van der Waals surface area (Å²) in [5.41, 5.74) is 0. The average Bonchev–Trinajstić information content (AvgIpc) is 2.84. The number of hydrogen-bond donors (Lipinski definition) is 2. The van der Waals surface area contributed by atoms with Gasteiger partial charge in [-0.1, -0.05) is 67.7 Å². The zero-order chi connectivity index (χ0) is 24.8. The lowest BCUT2D eigenvalue weighted by atomic mass is 10.2. The predicted molar refractivity (Wildman–Crippen MR) is 141 cm³/mol. The summed E-state index contributed by atoms with van der Waals surface area (Å²) in [6.07, 6.45) is 29.2. The normalized spacial score (nSPS) is 12.4. The maximum atomic E-state index is 11.8. The van der Waals surface area contributed by atoms with E-state index in [-0.39, 0.29) is 12.5 Å². The fourth-order valence-corrected chi connectivity index (χ4v) is 2.71. The van der Waals surface area contributed by atoms with Gasteiger partial charge in [0.15, 0.2) is 0 Å². The van der Waals surface area contributed by atoms with E-state index >= 15 is 0 Å². The minimum atomic E-state index is 0.0260. The van der Waals surface area contributed by atoms with Crippen LogP contribution in [0.25, 0.3) is 0 Å². The van der Waals surface area contributed by atoms with Crippen molar-refractivity contribution in [3.05, 3.63) is 60.8 Å². The Morgan fingerprint density at radius 1 is 0.676 bits per heavy atom. The number of carbonyl (C=O) groups excluding carboxylic acids is 1. The summed E-state index contributed by atoms with van der Waals surface area (Å²) in [6, 6.07) is 0. The first-order valence-corrected chi connectivity index (χ1v) is 12.7. The number of carbonyl (C=O) groups is 1. The number of aliphatic hydroxyl groups excluding tert-OH is 1. The van der Waals surface area contributed by atoms with E-state index in [1.165, 1.54) is 0 Å². The fraction of sp³-hybridized carbons (Fsp3) is 0.607. The van der Waals surface area contributed by atoms with Gasteiger partial charge in [0.05, 0.1) is 46.2 Å². The van der Waals surface area contributed by atoms with Crippen molar-refractivity contribution in [1.29, 1.82) is 0 Å². The molecule has 0 unspecified atom stereocenters. The van der Waals surface area contributed by atoms with Gasteiger partial charge in [0.2, 0.25) is 5.91 Å². The number of unbranched alkanes of at least 4 members (excludes halogenated alkanes) is 1. The molecule has 0 radical (unpaired) electrons. The van der Waals surface area contributed by atoms with Crippen molar-refractivity contribution in [3.63, 3.8) is 0 Å². The van der Waals surface area contributed by atoms with Crippen LogP contribution in [0.5, 0.6) is 0 Å². The molecule has 6 nitrogen and oxygen atoms in total. The van der Waals surface area contributed by atoms with Crippen molar-refractivity contribution in [2.75, 3.05) is 52.8 Å². The van der Waals surface area contributed by atoms with Gasteiger partial charge in [-0.15, -0.1) is 0 Å². The van der Waals surface area contributed by atoms with Gasteiger partial charge in [0.25, 0.3) is 0 Å². The first-order valence-electron chi connectivity index (χ1n) is 12.7. The van der Waals surface area contributed by atoms with Crippen molar-refractivity contribution in [3.8, 4) is 0 Å². The summed E-state index contributed by atoms with van der Waals surface area (Å²) in [5.74, 6) is 0.0632. The predicted octanol–water partition coefficient (Wildman–Crippen LogP) is 5.07. The highest BCUT2D eigenvalue weighted by atomic mass is 16.5. The van der Waals surface area contributed by atoms with Crippen LogP contribution in [0.2, 0.25) is 0 Å². The van der Waals surface area contributed by atoms with E-state index in [9.17, 15) is 4.79 Å². The van der Waals surface area contributed by atoms with E-state index in [4.69, 9.17) is 19.3 Å². The second kappa shape index (κ2) is 29.0. The lowest BCUT2D eigenvalue weighted by Gasteiger charge is -2.07. The highest BCUT2D eigenvalue weighted by Gasteiger charge is 1.99. The molecule has 0 rings (SSSR count). The van der Waals surface area contributed by atoms with Crippen LogP contribution in [0, 0.1) is 0 Å². The first-order chi connectivity index (χ1) is 16.8. The quantitative estimate of drug-likeness (QED) is 0.150. The van der Waals surface area contributed by atoms with Gasteiger partial charge in [-0.3, -0.25) is 4.79 Å². The zero-order valence-electron chi connectivity index (χ0n) is 21.2. The van der Waals surface area contributed by atoms with Crippen molar-refractivity contribution in [2.45, 2.75) is 58.3 Å². The summed E-state index contributed by atoms with van der Waals surface area (Å²) < 4.78 is 15.8. The number of ether oxygens (including phenoxy) is 3. The van der Waals surface area contributed by atoms with Gasteiger partial charge in [-0.25, -0.2) is 0 Å². The molecule has 0 aliphatic rings. The van der Waals surface area contributed by atoms with Crippen LogP contribution in [0.15, 0.2) is 60.8 Å². The molecule has 0 aromatic heterocycles. The lowest BCUT2D eigenvalue weighted by molar-refractivity contribution is -0.121. The number of nitrogens with one attached hydrogen (secondary N) is 1. The van der Waals surface area contributed by atoms with Crippen LogP contribution in [0.3, 0.4) is 0 Å². The largest absolute Gasteiger partial charge is 0.394 e. The van der Waals surface area contributed by atoms with E-state index in [0.717, 1.165) is 44.9 Å². The Bertz CT molecular complexity index is 581. The number of aliphatic hydroxyl groups is 1. The summed E-state index contributed by atoms with van der Waals surface area (Å²) >= 11 is 0. The molecule has 0 saturated carbocycles. The Labute approximate surface area is 207 Å². The lowest BCUT2D eigenvalue weighted by Crippen LogP contribution is -2.27.